The Labute approximate surface area is 153 Å². The van der Waals surface area contributed by atoms with E-state index in [4.69, 9.17) is 9.47 Å². The number of carbonyl (C=O) groups excluding carboxylic acids is 2. The molecule has 9 heteroatoms. The molecule has 0 aromatic carbocycles. The summed E-state index contributed by atoms with van der Waals surface area (Å²) in [6.45, 7) is -0.00982. The molecule has 3 aliphatic rings. The zero-order valence-electron chi connectivity index (χ0n) is 14.5. The highest BCUT2D eigenvalue weighted by atomic mass is 19.4. The Morgan fingerprint density at radius 1 is 1.19 bits per heavy atom. The molecule has 27 heavy (non-hydrogen) atoms. The van der Waals surface area contributed by atoms with Crippen molar-refractivity contribution in [3.05, 3.63) is 34.7 Å². The molecule has 0 unspecified atom stereocenters. The fourth-order valence-corrected chi connectivity index (χ4v) is 3.24. The van der Waals surface area contributed by atoms with Crippen LogP contribution in [0.1, 0.15) is 29.8 Å². The summed E-state index contributed by atoms with van der Waals surface area (Å²) in [5.74, 6) is -2.19. The van der Waals surface area contributed by atoms with Crippen LogP contribution in [0.25, 0.3) is 5.76 Å². The second kappa shape index (κ2) is 7.40. The van der Waals surface area contributed by atoms with Crippen molar-refractivity contribution in [3.8, 4) is 0 Å². The van der Waals surface area contributed by atoms with Crippen LogP contribution in [0.3, 0.4) is 0 Å². The number of ketones is 2. The molecule has 3 saturated carbocycles. The predicted octanol–water partition coefficient (Wildman–Crippen LogP) is 2.71. The van der Waals surface area contributed by atoms with Gasteiger partial charge in [0, 0.05) is 24.5 Å². The minimum atomic E-state index is -4.68. The molecule has 1 aromatic heterocycles. The second-order valence-electron chi connectivity index (χ2n) is 6.55. The van der Waals surface area contributed by atoms with Gasteiger partial charge in [0.25, 0.3) is 0 Å². The monoisotopic (exact) mass is 385 g/mol. The van der Waals surface area contributed by atoms with Crippen LogP contribution in [-0.2, 0) is 31.8 Å². The molecule has 6 nitrogen and oxygen atoms in total. The van der Waals surface area contributed by atoms with E-state index < -0.39 is 29.2 Å². The minimum Gasteiger partial charge on any atom is -0.506 e. The Bertz CT molecular complexity index is 775. The van der Waals surface area contributed by atoms with Crippen LogP contribution in [0.5, 0.6) is 0 Å². The van der Waals surface area contributed by atoms with Gasteiger partial charge in [-0.1, -0.05) is 0 Å². The molecule has 0 atom stereocenters. The largest absolute Gasteiger partial charge is 0.506 e. The average molecular weight is 385 g/mol. The number of ether oxygens (including phenoxy) is 2. The number of allylic oxidation sites excluding steroid dienone is 1. The van der Waals surface area contributed by atoms with E-state index in [0.717, 1.165) is 6.07 Å². The maximum atomic E-state index is 13.0. The molecule has 3 fully saturated rings. The summed E-state index contributed by atoms with van der Waals surface area (Å²) in [5.41, 5.74) is -1.81. The van der Waals surface area contributed by atoms with E-state index in [2.05, 4.69) is 4.98 Å². The Hall–Kier alpha value is -2.26. The number of aliphatic hydroxyl groups excluding tert-OH is 1. The number of Topliss-reactive ketones (excluding diaryl/α,β-unsaturated/α-hetero) is 2. The Morgan fingerprint density at radius 3 is 2.37 bits per heavy atom. The highest BCUT2D eigenvalue weighted by Gasteiger charge is 2.49. The summed E-state index contributed by atoms with van der Waals surface area (Å²) in [7, 11) is 1.44. The van der Waals surface area contributed by atoms with Crippen molar-refractivity contribution in [1.29, 1.82) is 0 Å². The number of hydrogen-bond donors (Lipinski definition) is 1. The molecule has 146 valence electrons. The third-order valence-corrected chi connectivity index (χ3v) is 4.80. The van der Waals surface area contributed by atoms with Gasteiger partial charge in [0.15, 0.2) is 11.6 Å². The molecule has 2 bridgehead atoms. The molecule has 0 saturated heterocycles. The van der Waals surface area contributed by atoms with Gasteiger partial charge in [0.1, 0.15) is 17.0 Å². The summed E-state index contributed by atoms with van der Waals surface area (Å²) in [5, 5.41) is 10.5. The van der Waals surface area contributed by atoms with Crippen molar-refractivity contribution in [1.82, 2.24) is 4.98 Å². The first-order valence-electron chi connectivity index (χ1n) is 8.39. The summed E-state index contributed by atoms with van der Waals surface area (Å²) >= 11 is 0. The molecule has 0 amide bonds. The zero-order valence-corrected chi connectivity index (χ0v) is 14.5. The Kier molecular flexibility index (Phi) is 5.34. The second-order valence-corrected chi connectivity index (χ2v) is 6.55. The molecule has 1 N–H and O–H groups in total. The molecular weight excluding hydrogens is 367 g/mol. The lowest BCUT2D eigenvalue weighted by Crippen LogP contribution is -2.45. The van der Waals surface area contributed by atoms with Gasteiger partial charge in [-0.05, 0) is 25.0 Å². The van der Waals surface area contributed by atoms with E-state index >= 15 is 0 Å². The topological polar surface area (TPSA) is 85.7 Å². The fraction of sp³-hybridized carbons (Fsp3) is 0.500. The lowest BCUT2D eigenvalue weighted by Gasteiger charge is -2.39. The third kappa shape index (κ3) is 3.74. The number of nitrogens with zero attached hydrogens (tertiary/aromatic N) is 1. The standard InChI is InChI=1S/C18H18F3NO5/c1-26-4-5-27-8-12-11(2-3-13(22-12)18(19,20)21)17(25)14-15(23)9-6-10(7-9)16(14)24/h2-3,9-10,25H,4-8H2,1H3. The molecule has 0 spiro atoms. The van der Waals surface area contributed by atoms with E-state index in [1.807, 2.05) is 0 Å². The first-order valence-corrected chi connectivity index (χ1v) is 8.39. The van der Waals surface area contributed by atoms with Crippen molar-refractivity contribution < 1.29 is 37.3 Å². The quantitative estimate of drug-likeness (QED) is 0.351. The number of carbonyl (C=O) groups is 2. The SMILES string of the molecule is COCCOCc1nc(C(F)(F)F)ccc1C(O)=C1C(=O)C2CC(C2)C1=O. The van der Waals surface area contributed by atoms with Crippen molar-refractivity contribution in [3.63, 3.8) is 0 Å². The summed E-state index contributed by atoms with van der Waals surface area (Å²) < 4.78 is 49.0. The lowest BCUT2D eigenvalue weighted by atomic mass is 9.61. The molecule has 4 rings (SSSR count). The van der Waals surface area contributed by atoms with E-state index in [1.54, 1.807) is 0 Å². The van der Waals surface area contributed by atoms with E-state index in [0.29, 0.717) is 18.9 Å². The van der Waals surface area contributed by atoms with Gasteiger partial charge in [0.2, 0.25) is 0 Å². The molecule has 0 aliphatic heterocycles. The van der Waals surface area contributed by atoms with Crippen LogP contribution in [0.4, 0.5) is 13.2 Å². The molecule has 1 aromatic rings. The van der Waals surface area contributed by atoms with Crippen molar-refractivity contribution >= 4 is 17.3 Å². The number of halogens is 3. The van der Waals surface area contributed by atoms with Crippen LogP contribution in [-0.4, -0.2) is 42.0 Å². The van der Waals surface area contributed by atoms with Gasteiger partial charge in [-0.15, -0.1) is 0 Å². The minimum absolute atomic E-state index is 0.104. The van der Waals surface area contributed by atoms with Crippen LogP contribution in [0, 0.1) is 11.8 Å². The van der Waals surface area contributed by atoms with E-state index in [1.165, 1.54) is 7.11 Å². The first kappa shape index (κ1) is 19.5. The van der Waals surface area contributed by atoms with Gasteiger partial charge in [-0.2, -0.15) is 13.2 Å². The summed E-state index contributed by atoms with van der Waals surface area (Å²) in [4.78, 5) is 28.2. The van der Waals surface area contributed by atoms with Gasteiger partial charge >= 0.3 is 6.18 Å². The maximum absolute atomic E-state index is 13.0. The van der Waals surface area contributed by atoms with Gasteiger partial charge < -0.3 is 14.6 Å². The number of methoxy groups -OCH3 is 1. The van der Waals surface area contributed by atoms with Crippen LogP contribution in [0.15, 0.2) is 17.7 Å². The van der Waals surface area contributed by atoms with Gasteiger partial charge in [0.05, 0.1) is 25.5 Å². The number of hydrogen-bond acceptors (Lipinski definition) is 6. The highest BCUT2D eigenvalue weighted by molar-refractivity contribution is 6.29. The number of rotatable bonds is 6. The molecular formula is C18H18F3NO5. The van der Waals surface area contributed by atoms with E-state index in [9.17, 15) is 27.9 Å². The lowest BCUT2D eigenvalue weighted by molar-refractivity contribution is -0.141. The normalized spacial score (nSPS) is 22.0. The third-order valence-electron chi connectivity index (χ3n) is 4.80. The zero-order chi connectivity index (χ0) is 19.8. The summed E-state index contributed by atoms with van der Waals surface area (Å²) in [6.07, 6.45) is -3.75. The first-order chi connectivity index (χ1) is 12.7. The van der Waals surface area contributed by atoms with Gasteiger partial charge in [-0.3, -0.25) is 9.59 Å². The summed E-state index contributed by atoms with van der Waals surface area (Å²) in [6, 6.07) is 1.71. The number of aliphatic hydroxyl groups is 1. The molecule has 0 radical (unpaired) electrons. The molecule has 1 heterocycles. The number of fused-ring (bicyclic) bond motifs is 2. The maximum Gasteiger partial charge on any atom is 0.433 e. The van der Waals surface area contributed by atoms with Crippen molar-refractivity contribution in [2.24, 2.45) is 11.8 Å². The van der Waals surface area contributed by atoms with Gasteiger partial charge in [-0.25, -0.2) is 4.98 Å². The van der Waals surface area contributed by atoms with Crippen LogP contribution >= 0.6 is 0 Å². The predicted molar refractivity (Wildman–Crippen MR) is 86.5 cm³/mol. The number of aromatic nitrogens is 1. The molecule has 3 aliphatic carbocycles. The average Bonchev–Trinajstić information content (AvgIpc) is 2.56. The Morgan fingerprint density at radius 2 is 1.81 bits per heavy atom. The van der Waals surface area contributed by atoms with Crippen molar-refractivity contribution in [2.75, 3.05) is 20.3 Å². The highest BCUT2D eigenvalue weighted by Crippen LogP contribution is 2.45. The van der Waals surface area contributed by atoms with Crippen LogP contribution in [0.2, 0.25) is 0 Å². The smallest absolute Gasteiger partial charge is 0.433 e. The number of pyridine rings is 1. The van der Waals surface area contributed by atoms with Crippen molar-refractivity contribution in [2.45, 2.75) is 25.6 Å². The number of alkyl halides is 3. The van der Waals surface area contributed by atoms with Crippen LogP contribution < -0.4 is 0 Å². The van der Waals surface area contributed by atoms with E-state index in [-0.39, 0.29) is 48.5 Å². The Balaban J connectivity index is 1.99. The fourth-order valence-electron chi connectivity index (χ4n) is 3.24.